The summed E-state index contributed by atoms with van der Waals surface area (Å²) in [7, 11) is 1.00. The lowest BCUT2D eigenvalue weighted by molar-refractivity contribution is -0.115. The predicted molar refractivity (Wildman–Crippen MR) is 201 cm³/mol. The van der Waals surface area contributed by atoms with Gasteiger partial charge in [-0.3, -0.25) is 4.79 Å². The van der Waals surface area contributed by atoms with Crippen LogP contribution in [-0.2, 0) is 9.59 Å². The van der Waals surface area contributed by atoms with E-state index >= 15 is 0 Å². The van der Waals surface area contributed by atoms with Crippen molar-refractivity contribution in [3.05, 3.63) is 83.6 Å². The molecule has 2 fully saturated rings. The van der Waals surface area contributed by atoms with E-state index in [1.54, 1.807) is 0 Å². The van der Waals surface area contributed by atoms with Gasteiger partial charge < -0.3 is 15.4 Å². The number of ketones is 1. The number of aliphatic hydroxyl groups is 1. The second-order valence-electron chi connectivity index (χ2n) is 14.2. The van der Waals surface area contributed by atoms with E-state index in [4.69, 9.17) is 9.90 Å². The Balaban J connectivity index is 0.00000213. The van der Waals surface area contributed by atoms with E-state index < -0.39 is 0 Å². The molecule has 0 aromatic carbocycles. The number of hydrogen-bond acceptors (Lipinski definition) is 3. The lowest BCUT2D eigenvalue weighted by Crippen LogP contribution is -2.29. The van der Waals surface area contributed by atoms with Crippen LogP contribution in [0.4, 0.5) is 0 Å². The van der Waals surface area contributed by atoms with Crippen molar-refractivity contribution in [2.45, 2.75) is 130 Å². The summed E-state index contributed by atoms with van der Waals surface area (Å²) in [6.45, 7) is 13.4. The summed E-state index contributed by atoms with van der Waals surface area (Å²) in [5.41, 5.74) is 5.06. The Labute approximate surface area is 288 Å². The van der Waals surface area contributed by atoms with Crippen LogP contribution in [0.15, 0.2) is 83.6 Å². The van der Waals surface area contributed by atoms with Gasteiger partial charge in [-0.1, -0.05) is 138 Å². The number of rotatable bonds is 16. The molecule has 47 heavy (non-hydrogen) atoms. The third kappa shape index (κ3) is 14.6. The molecule has 0 aromatic rings. The van der Waals surface area contributed by atoms with Crippen molar-refractivity contribution >= 4 is 12.6 Å². The molecule has 0 saturated heterocycles. The molecular formula is C43H68O4. The SMILES string of the molecule is C=C(C[C@H]1C=C(C(=O)CCCCC2CCCC2)C=CC1C1CCC(C(C)/C=C\C=C/CCCC)CC1)C1=CC=C(C)C1.C=O.CO.O. The standard InChI is InChI=1S/C41H60O.CH4O.CH2O.H2O/c1-5-6-7-8-9-10-15-32(3)35-22-24-36(25-23-35)40-27-26-38(41(42)19-14-13-18-34-16-11-12-17-34)30-39(40)29-33(4)37-21-20-31(2)28-37;2*1-2;/h8-10,15,20-21,26-27,30,32,34-36,39-40H,4-7,11-14,16-19,22-25,28-29H2,1-3H3;2H,1H3;1H2;1H2/b9-8-,15-10-;;;/t32?,35?,36?,39-,40?;;;/m0.../s1. The highest BCUT2D eigenvalue weighted by Crippen LogP contribution is 2.44. The van der Waals surface area contributed by atoms with Gasteiger partial charge in [0.05, 0.1) is 0 Å². The van der Waals surface area contributed by atoms with Crippen molar-refractivity contribution in [2.75, 3.05) is 7.11 Å². The van der Waals surface area contributed by atoms with E-state index in [9.17, 15) is 4.79 Å². The smallest absolute Gasteiger partial charge is 0.162 e. The average molecular weight is 649 g/mol. The summed E-state index contributed by atoms with van der Waals surface area (Å²) in [5.74, 6) is 4.32. The van der Waals surface area contributed by atoms with Crippen LogP contribution >= 0.6 is 0 Å². The molecule has 4 rings (SSSR count). The minimum absolute atomic E-state index is 0. The molecule has 0 spiro atoms. The van der Waals surface area contributed by atoms with E-state index in [1.807, 2.05) is 6.79 Å². The van der Waals surface area contributed by atoms with Crippen LogP contribution in [0.2, 0.25) is 0 Å². The highest BCUT2D eigenvalue weighted by Gasteiger charge is 2.34. The van der Waals surface area contributed by atoms with Crippen LogP contribution < -0.4 is 0 Å². The summed E-state index contributed by atoms with van der Waals surface area (Å²) in [4.78, 5) is 21.3. The van der Waals surface area contributed by atoms with Gasteiger partial charge in [0.1, 0.15) is 6.79 Å². The minimum atomic E-state index is 0. The molecule has 0 aliphatic heterocycles. The maximum absolute atomic E-state index is 13.3. The molecule has 2 saturated carbocycles. The minimum Gasteiger partial charge on any atom is -0.412 e. The van der Waals surface area contributed by atoms with Crippen LogP contribution in [0.25, 0.3) is 0 Å². The van der Waals surface area contributed by atoms with Gasteiger partial charge in [-0.15, -0.1) is 0 Å². The monoisotopic (exact) mass is 649 g/mol. The summed E-state index contributed by atoms with van der Waals surface area (Å²) < 4.78 is 0. The van der Waals surface area contributed by atoms with Gasteiger partial charge >= 0.3 is 0 Å². The molecule has 0 radical (unpaired) electrons. The molecule has 0 bridgehead atoms. The molecule has 0 amide bonds. The van der Waals surface area contributed by atoms with Crippen molar-refractivity contribution < 1.29 is 20.2 Å². The van der Waals surface area contributed by atoms with E-state index in [0.29, 0.717) is 35.9 Å². The third-order valence-electron chi connectivity index (χ3n) is 10.9. The molecule has 0 heterocycles. The zero-order valence-electron chi connectivity index (χ0n) is 30.4. The Hall–Kier alpha value is -2.56. The molecule has 4 heteroatoms. The predicted octanol–water partition coefficient (Wildman–Crippen LogP) is 10.6. The molecule has 4 aliphatic carbocycles. The van der Waals surface area contributed by atoms with Crippen molar-refractivity contribution in [3.8, 4) is 0 Å². The van der Waals surface area contributed by atoms with Crippen molar-refractivity contribution in [1.82, 2.24) is 0 Å². The highest BCUT2D eigenvalue weighted by molar-refractivity contribution is 5.98. The summed E-state index contributed by atoms with van der Waals surface area (Å²) in [5, 5.41) is 7.00. The van der Waals surface area contributed by atoms with E-state index in [1.165, 1.54) is 100 Å². The fourth-order valence-corrected chi connectivity index (χ4v) is 8.07. The maximum Gasteiger partial charge on any atom is 0.162 e. The maximum atomic E-state index is 13.3. The summed E-state index contributed by atoms with van der Waals surface area (Å²) in [6.07, 6.45) is 41.7. The fraction of sp³-hybridized carbons (Fsp3) is 0.628. The third-order valence-corrected chi connectivity index (χ3v) is 10.9. The first-order valence-corrected chi connectivity index (χ1v) is 18.5. The zero-order valence-corrected chi connectivity index (χ0v) is 30.4. The van der Waals surface area contributed by atoms with Crippen LogP contribution in [0.5, 0.6) is 0 Å². The highest BCUT2D eigenvalue weighted by atomic mass is 16.2. The molecular weight excluding hydrogens is 580 g/mol. The fourth-order valence-electron chi connectivity index (χ4n) is 8.07. The van der Waals surface area contributed by atoms with Gasteiger partial charge in [-0.05, 0) is 99.4 Å². The quantitative estimate of drug-likeness (QED) is 0.133. The Kier molecular flexibility index (Phi) is 22.2. The second-order valence-corrected chi connectivity index (χ2v) is 14.2. The summed E-state index contributed by atoms with van der Waals surface area (Å²) >= 11 is 0. The Bertz CT molecular complexity index is 1090. The molecule has 4 aliphatic rings. The summed E-state index contributed by atoms with van der Waals surface area (Å²) in [6, 6.07) is 0. The van der Waals surface area contributed by atoms with Crippen molar-refractivity contribution in [3.63, 3.8) is 0 Å². The Morgan fingerprint density at radius 1 is 1.00 bits per heavy atom. The van der Waals surface area contributed by atoms with Gasteiger partial charge in [0.25, 0.3) is 0 Å². The Morgan fingerprint density at radius 3 is 2.34 bits per heavy atom. The molecule has 2 unspecified atom stereocenters. The topological polar surface area (TPSA) is 85.9 Å². The average Bonchev–Trinajstić information content (AvgIpc) is 3.78. The number of carbonyl (C=O) groups excluding carboxylic acids is 2. The first-order valence-electron chi connectivity index (χ1n) is 18.5. The van der Waals surface area contributed by atoms with Gasteiger partial charge in [-0.2, -0.15) is 0 Å². The first kappa shape index (κ1) is 42.5. The van der Waals surface area contributed by atoms with E-state index in [2.05, 4.69) is 82.0 Å². The first-order chi connectivity index (χ1) is 22.4. The van der Waals surface area contributed by atoms with Gasteiger partial charge in [-0.25, -0.2) is 0 Å². The number of allylic oxidation sites excluding steroid dienone is 13. The van der Waals surface area contributed by atoms with Crippen LogP contribution in [0, 0.1) is 35.5 Å². The van der Waals surface area contributed by atoms with E-state index in [0.717, 1.165) is 43.8 Å². The van der Waals surface area contributed by atoms with Gasteiger partial charge in [0.2, 0.25) is 0 Å². The largest absolute Gasteiger partial charge is 0.412 e. The lowest BCUT2D eigenvalue weighted by Gasteiger charge is -2.38. The lowest BCUT2D eigenvalue weighted by atomic mass is 9.66. The molecule has 264 valence electrons. The normalized spacial score (nSPS) is 24.7. The number of aliphatic hydroxyl groups excluding tert-OH is 1. The van der Waals surface area contributed by atoms with Crippen molar-refractivity contribution in [1.29, 1.82) is 0 Å². The zero-order chi connectivity index (χ0) is 33.7. The Morgan fingerprint density at radius 2 is 1.70 bits per heavy atom. The van der Waals surface area contributed by atoms with Gasteiger partial charge in [0.15, 0.2) is 5.78 Å². The van der Waals surface area contributed by atoms with Crippen LogP contribution in [-0.4, -0.2) is 30.3 Å². The van der Waals surface area contributed by atoms with E-state index in [-0.39, 0.29) is 5.48 Å². The second kappa shape index (κ2) is 24.6. The van der Waals surface area contributed by atoms with Crippen LogP contribution in [0.3, 0.4) is 0 Å². The van der Waals surface area contributed by atoms with Crippen molar-refractivity contribution in [2.24, 2.45) is 35.5 Å². The molecule has 3 N–H and O–H groups in total. The number of unbranched alkanes of at least 4 members (excludes halogenated alkanes) is 3. The molecule has 3 atom stereocenters. The van der Waals surface area contributed by atoms with Gasteiger partial charge in [0, 0.05) is 19.1 Å². The van der Waals surface area contributed by atoms with Crippen LogP contribution in [0.1, 0.15) is 130 Å². The molecule has 4 nitrogen and oxygen atoms in total. The molecule has 0 aromatic heterocycles. The number of hydrogen-bond donors (Lipinski definition) is 1. The number of Topliss-reactive ketones (excluding diaryl/α,β-unsaturated/α-hetero) is 1. The number of carbonyl (C=O) groups is 2.